The molecule has 0 aliphatic heterocycles. The van der Waals surface area contributed by atoms with Crippen LogP contribution in [0, 0.1) is 11.6 Å². The molecule has 96 valence electrons. The Balaban J connectivity index is 2.11. The van der Waals surface area contributed by atoms with E-state index in [1.54, 1.807) is 0 Å². The van der Waals surface area contributed by atoms with Gasteiger partial charge < -0.3 is 10.3 Å². The molecule has 1 heterocycles. The van der Waals surface area contributed by atoms with Gasteiger partial charge in [0.15, 0.2) is 5.82 Å². The lowest BCUT2D eigenvalue weighted by Crippen LogP contribution is -2.01. The van der Waals surface area contributed by atoms with Gasteiger partial charge in [-0.15, -0.1) is 0 Å². The first kappa shape index (κ1) is 12.6. The number of hydrogen-bond donors (Lipinski definition) is 1. The van der Waals surface area contributed by atoms with Crippen LogP contribution in [0.3, 0.4) is 0 Å². The Morgan fingerprint density at radius 3 is 2.61 bits per heavy atom. The van der Waals surface area contributed by atoms with Gasteiger partial charge in [-0.05, 0) is 25.1 Å². The number of nitrogens with two attached hydrogens (primary N) is 1. The predicted molar refractivity (Wildman–Crippen MR) is 60.8 cm³/mol. The fraction of sp³-hybridized carbons (Fsp3) is 0.333. The summed E-state index contributed by atoms with van der Waals surface area (Å²) in [5.41, 5.74) is 5.30. The van der Waals surface area contributed by atoms with Gasteiger partial charge in [0, 0.05) is 12.0 Å². The summed E-state index contributed by atoms with van der Waals surface area (Å²) in [5, 5.41) is 3.72. The molecule has 0 atom stereocenters. The summed E-state index contributed by atoms with van der Waals surface area (Å²) in [5.74, 6) is -0.522. The average Bonchev–Trinajstić information content (AvgIpc) is 2.79. The normalized spacial score (nSPS) is 10.8. The summed E-state index contributed by atoms with van der Waals surface area (Å²) >= 11 is 0. The molecule has 6 heteroatoms. The zero-order valence-corrected chi connectivity index (χ0v) is 9.70. The van der Waals surface area contributed by atoms with Crippen LogP contribution in [0.2, 0.25) is 0 Å². The van der Waals surface area contributed by atoms with Gasteiger partial charge in [-0.3, -0.25) is 0 Å². The van der Waals surface area contributed by atoms with Crippen molar-refractivity contribution in [1.29, 1.82) is 0 Å². The van der Waals surface area contributed by atoms with Crippen molar-refractivity contribution in [2.75, 3.05) is 6.54 Å². The molecule has 4 nitrogen and oxygen atoms in total. The van der Waals surface area contributed by atoms with Crippen molar-refractivity contribution < 1.29 is 13.3 Å². The number of hydrogen-bond acceptors (Lipinski definition) is 4. The lowest BCUT2D eigenvalue weighted by atomic mass is 10.1. The van der Waals surface area contributed by atoms with E-state index < -0.39 is 11.6 Å². The SMILES string of the molecule is NCCCc1noc(Cc2c(F)cccc2F)n1. The molecule has 0 saturated carbocycles. The third-order valence-corrected chi connectivity index (χ3v) is 2.50. The molecule has 0 amide bonds. The van der Waals surface area contributed by atoms with E-state index in [0.29, 0.717) is 18.8 Å². The van der Waals surface area contributed by atoms with Crippen LogP contribution in [0.1, 0.15) is 23.7 Å². The number of nitrogens with zero attached hydrogens (tertiary/aromatic N) is 2. The highest BCUT2D eigenvalue weighted by atomic mass is 19.1. The summed E-state index contributed by atoms with van der Waals surface area (Å²) in [6.45, 7) is 0.534. The van der Waals surface area contributed by atoms with Gasteiger partial charge in [0.25, 0.3) is 0 Å². The van der Waals surface area contributed by atoms with Crippen LogP contribution in [0.15, 0.2) is 22.7 Å². The monoisotopic (exact) mass is 253 g/mol. The van der Waals surface area contributed by atoms with Crippen LogP contribution >= 0.6 is 0 Å². The first-order chi connectivity index (χ1) is 8.70. The number of halogens is 2. The highest BCUT2D eigenvalue weighted by molar-refractivity contribution is 5.22. The van der Waals surface area contributed by atoms with E-state index in [1.807, 2.05) is 0 Å². The maximum atomic E-state index is 13.4. The highest BCUT2D eigenvalue weighted by Gasteiger charge is 2.13. The molecule has 2 rings (SSSR count). The third-order valence-electron chi connectivity index (χ3n) is 2.50. The molecule has 2 N–H and O–H groups in total. The van der Waals surface area contributed by atoms with Crippen LogP contribution in [0.5, 0.6) is 0 Å². The summed E-state index contributed by atoms with van der Waals surface area (Å²) in [6, 6.07) is 3.71. The maximum Gasteiger partial charge on any atom is 0.231 e. The highest BCUT2D eigenvalue weighted by Crippen LogP contribution is 2.16. The molecule has 0 spiro atoms. The predicted octanol–water partition coefficient (Wildman–Crippen LogP) is 1.83. The van der Waals surface area contributed by atoms with Crippen LogP contribution < -0.4 is 5.73 Å². The van der Waals surface area contributed by atoms with Crippen molar-refractivity contribution in [1.82, 2.24) is 10.1 Å². The van der Waals surface area contributed by atoms with Crippen molar-refractivity contribution in [2.45, 2.75) is 19.3 Å². The molecule has 2 aromatic rings. The van der Waals surface area contributed by atoms with Crippen molar-refractivity contribution in [2.24, 2.45) is 5.73 Å². The van der Waals surface area contributed by atoms with E-state index in [4.69, 9.17) is 10.3 Å². The first-order valence-corrected chi connectivity index (χ1v) is 5.65. The van der Waals surface area contributed by atoms with Gasteiger partial charge in [-0.2, -0.15) is 4.98 Å². The van der Waals surface area contributed by atoms with Gasteiger partial charge >= 0.3 is 0 Å². The zero-order valence-electron chi connectivity index (χ0n) is 9.70. The van der Waals surface area contributed by atoms with E-state index in [9.17, 15) is 8.78 Å². The molecule has 0 saturated heterocycles. The van der Waals surface area contributed by atoms with E-state index in [1.165, 1.54) is 18.2 Å². The Kier molecular flexibility index (Phi) is 3.99. The van der Waals surface area contributed by atoms with Gasteiger partial charge in [-0.1, -0.05) is 11.2 Å². The number of rotatable bonds is 5. The van der Waals surface area contributed by atoms with Crippen LogP contribution in [0.4, 0.5) is 8.78 Å². The van der Waals surface area contributed by atoms with Gasteiger partial charge in [0.05, 0.1) is 6.42 Å². The summed E-state index contributed by atoms with van der Waals surface area (Å²) < 4.78 is 31.7. The number of benzene rings is 1. The zero-order chi connectivity index (χ0) is 13.0. The molecule has 1 aromatic heterocycles. The molecule has 0 unspecified atom stereocenters. The summed E-state index contributed by atoms with van der Waals surface area (Å²) in [7, 11) is 0. The van der Waals surface area contributed by atoms with Crippen LogP contribution in [0.25, 0.3) is 0 Å². The largest absolute Gasteiger partial charge is 0.339 e. The minimum atomic E-state index is -0.614. The summed E-state index contributed by atoms with van der Waals surface area (Å²) in [6.07, 6.45) is 1.29. The molecule has 0 aliphatic rings. The Bertz CT molecular complexity index is 508. The Morgan fingerprint density at radius 1 is 1.22 bits per heavy atom. The molecule has 18 heavy (non-hydrogen) atoms. The molecular formula is C12H13F2N3O. The minimum Gasteiger partial charge on any atom is -0.339 e. The van der Waals surface area contributed by atoms with Crippen molar-refractivity contribution in [3.63, 3.8) is 0 Å². The Labute approximate surface area is 103 Å². The average molecular weight is 253 g/mol. The number of aromatic nitrogens is 2. The summed E-state index contributed by atoms with van der Waals surface area (Å²) in [4.78, 5) is 4.06. The molecule has 0 radical (unpaired) electrons. The second-order valence-electron chi connectivity index (χ2n) is 3.87. The van der Waals surface area contributed by atoms with E-state index in [2.05, 4.69) is 10.1 Å². The fourth-order valence-electron chi connectivity index (χ4n) is 1.58. The van der Waals surface area contributed by atoms with E-state index in [-0.39, 0.29) is 17.9 Å². The lowest BCUT2D eigenvalue weighted by molar-refractivity contribution is 0.376. The molecule has 0 fully saturated rings. The Morgan fingerprint density at radius 2 is 1.94 bits per heavy atom. The standard InChI is InChI=1S/C12H13F2N3O/c13-9-3-1-4-10(14)8(9)7-12-16-11(17-18-12)5-2-6-15/h1,3-4H,2,5-7,15H2. The third kappa shape index (κ3) is 2.89. The smallest absolute Gasteiger partial charge is 0.231 e. The number of aryl methyl sites for hydroxylation is 1. The lowest BCUT2D eigenvalue weighted by Gasteiger charge is -2.00. The quantitative estimate of drug-likeness (QED) is 0.882. The molecule has 0 aliphatic carbocycles. The maximum absolute atomic E-state index is 13.4. The van der Waals surface area contributed by atoms with Gasteiger partial charge in [0.2, 0.25) is 5.89 Å². The second-order valence-corrected chi connectivity index (χ2v) is 3.87. The fourth-order valence-corrected chi connectivity index (χ4v) is 1.58. The van der Waals surface area contributed by atoms with Crippen molar-refractivity contribution in [3.05, 3.63) is 47.1 Å². The van der Waals surface area contributed by atoms with Crippen molar-refractivity contribution >= 4 is 0 Å². The van der Waals surface area contributed by atoms with Crippen LogP contribution in [-0.4, -0.2) is 16.7 Å². The minimum absolute atomic E-state index is 0.0475. The van der Waals surface area contributed by atoms with Gasteiger partial charge in [0.1, 0.15) is 11.6 Å². The molecule has 1 aromatic carbocycles. The topological polar surface area (TPSA) is 64.9 Å². The second kappa shape index (κ2) is 5.68. The van der Waals surface area contributed by atoms with E-state index in [0.717, 1.165) is 6.42 Å². The molecule has 0 bridgehead atoms. The molecular weight excluding hydrogens is 240 g/mol. The van der Waals surface area contributed by atoms with Crippen molar-refractivity contribution in [3.8, 4) is 0 Å². The first-order valence-electron chi connectivity index (χ1n) is 5.65. The van der Waals surface area contributed by atoms with Gasteiger partial charge in [-0.25, -0.2) is 8.78 Å². The van der Waals surface area contributed by atoms with Crippen LogP contribution in [-0.2, 0) is 12.8 Å². The van der Waals surface area contributed by atoms with E-state index >= 15 is 0 Å². The Hall–Kier alpha value is -1.82.